The number of aromatic nitrogens is 4. The second-order valence-corrected chi connectivity index (χ2v) is 8.12. The molecule has 0 aliphatic carbocycles. The first-order valence-electron chi connectivity index (χ1n) is 10.5. The molecule has 30 heavy (non-hydrogen) atoms. The van der Waals surface area contributed by atoms with E-state index in [2.05, 4.69) is 43.5 Å². The summed E-state index contributed by atoms with van der Waals surface area (Å²) in [5, 5.41) is 23.1. The van der Waals surface area contributed by atoms with E-state index < -0.39 is 0 Å². The van der Waals surface area contributed by atoms with Crippen LogP contribution < -0.4 is 10.6 Å². The normalized spacial score (nSPS) is 23.6. The summed E-state index contributed by atoms with van der Waals surface area (Å²) in [7, 11) is 0. The first-order chi connectivity index (χ1) is 14.6. The number of hydrogen-bond donors (Lipinski definition) is 3. The molecule has 2 aliphatic heterocycles. The molecule has 0 radical (unpaired) electrons. The van der Waals surface area contributed by atoms with Crippen LogP contribution in [0.25, 0.3) is 6.20 Å². The van der Waals surface area contributed by atoms with Gasteiger partial charge in [0.25, 0.3) is 0 Å². The van der Waals surface area contributed by atoms with Gasteiger partial charge >= 0.3 is 0 Å². The SMILES string of the molecule is C=N/C=C\n1c(N[C@@H]2C[C@H]3CC[C@@H](C2)N3CCC#N)nc(Nc2cc(C)[nH]n2)c1C. The van der Waals surface area contributed by atoms with Crippen LogP contribution in [-0.4, -0.2) is 56.0 Å². The van der Waals surface area contributed by atoms with Gasteiger partial charge in [-0.2, -0.15) is 15.3 Å². The van der Waals surface area contributed by atoms with Crippen molar-refractivity contribution < 1.29 is 0 Å². The first kappa shape index (κ1) is 20.2. The number of aliphatic imine (C=N–C) groups is 1. The molecular formula is C21H29N9. The molecule has 9 heteroatoms. The van der Waals surface area contributed by atoms with Gasteiger partial charge in [-0.25, -0.2) is 0 Å². The van der Waals surface area contributed by atoms with Crippen LogP contribution in [0.1, 0.15) is 43.5 Å². The van der Waals surface area contributed by atoms with Gasteiger partial charge in [0.2, 0.25) is 5.95 Å². The minimum atomic E-state index is 0.354. The molecule has 2 saturated heterocycles. The molecule has 0 amide bonds. The maximum absolute atomic E-state index is 8.94. The lowest BCUT2D eigenvalue weighted by Crippen LogP contribution is -2.47. The predicted molar refractivity (Wildman–Crippen MR) is 119 cm³/mol. The second-order valence-electron chi connectivity index (χ2n) is 8.12. The number of rotatable bonds is 8. The standard InChI is InChI=1S/C21H29N9/c1-14-11-19(28-27-14)25-20-15(2)29(10-8-23-3)21(26-20)24-16-12-17-5-6-18(13-16)30(17)9-4-7-22/h8,10-11,16-18H,3-6,9,12-13H2,1-2H3,(H,24,26)(H2,25,27,28)/b10-8-/t16-,17-,18+. The van der Waals surface area contributed by atoms with E-state index in [1.54, 1.807) is 6.20 Å². The Bertz CT molecular complexity index is 950. The number of anilines is 3. The third-order valence-corrected chi connectivity index (χ3v) is 6.12. The summed E-state index contributed by atoms with van der Waals surface area (Å²) in [6.07, 6.45) is 8.71. The van der Waals surface area contributed by atoms with Gasteiger partial charge in [-0.1, -0.05) is 0 Å². The van der Waals surface area contributed by atoms with E-state index in [1.807, 2.05) is 30.7 Å². The number of imidazole rings is 1. The topological polar surface area (TPSA) is 110 Å². The molecule has 0 unspecified atom stereocenters. The highest BCUT2D eigenvalue weighted by atomic mass is 15.3. The number of aryl methyl sites for hydroxylation is 1. The molecule has 2 bridgehead atoms. The van der Waals surface area contributed by atoms with Gasteiger partial charge in [-0.3, -0.25) is 19.6 Å². The summed E-state index contributed by atoms with van der Waals surface area (Å²) in [6, 6.07) is 5.69. The fourth-order valence-corrected chi connectivity index (χ4v) is 4.75. The summed E-state index contributed by atoms with van der Waals surface area (Å²) in [4.78, 5) is 11.2. The Balaban J connectivity index is 1.52. The minimum absolute atomic E-state index is 0.354. The average Bonchev–Trinajstić information content (AvgIpc) is 3.33. The van der Waals surface area contributed by atoms with Crippen LogP contribution in [0.5, 0.6) is 0 Å². The van der Waals surface area contributed by atoms with Gasteiger partial charge in [-0.15, -0.1) is 0 Å². The summed E-state index contributed by atoms with van der Waals surface area (Å²) in [5.74, 6) is 2.28. The molecule has 9 nitrogen and oxygen atoms in total. The lowest BCUT2D eigenvalue weighted by molar-refractivity contribution is 0.135. The molecule has 3 N–H and O–H groups in total. The predicted octanol–water partition coefficient (Wildman–Crippen LogP) is 3.42. The Hall–Kier alpha value is -3.12. The molecule has 2 fully saturated rings. The van der Waals surface area contributed by atoms with Crippen molar-refractivity contribution in [2.45, 2.75) is 64.1 Å². The number of nitrogens with zero attached hydrogens (tertiary/aromatic N) is 6. The van der Waals surface area contributed by atoms with Crippen LogP contribution in [0, 0.1) is 25.2 Å². The van der Waals surface area contributed by atoms with Crippen LogP contribution in [0.4, 0.5) is 17.6 Å². The maximum Gasteiger partial charge on any atom is 0.209 e. The van der Waals surface area contributed by atoms with E-state index >= 15 is 0 Å². The van der Waals surface area contributed by atoms with Crippen LogP contribution >= 0.6 is 0 Å². The molecule has 0 saturated carbocycles. The molecule has 4 heterocycles. The van der Waals surface area contributed by atoms with Gasteiger partial charge in [0.1, 0.15) is 0 Å². The fraction of sp³-hybridized carbons (Fsp3) is 0.524. The third-order valence-electron chi connectivity index (χ3n) is 6.12. The van der Waals surface area contributed by atoms with E-state index in [4.69, 9.17) is 10.2 Å². The van der Waals surface area contributed by atoms with Crippen molar-refractivity contribution in [2.75, 3.05) is 17.2 Å². The van der Waals surface area contributed by atoms with E-state index in [0.29, 0.717) is 24.5 Å². The zero-order chi connectivity index (χ0) is 21.1. The number of hydrogen-bond acceptors (Lipinski definition) is 7. The molecule has 0 aromatic carbocycles. The highest BCUT2D eigenvalue weighted by Crippen LogP contribution is 2.37. The molecule has 2 aliphatic rings. The van der Waals surface area contributed by atoms with E-state index in [0.717, 1.165) is 48.4 Å². The van der Waals surface area contributed by atoms with E-state index in [-0.39, 0.29) is 0 Å². The molecule has 158 valence electrons. The Morgan fingerprint density at radius 1 is 1.37 bits per heavy atom. The summed E-state index contributed by atoms with van der Waals surface area (Å²) < 4.78 is 2.00. The summed E-state index contributed by atoms with van der Waals surface area (Å²) >= 11 is 0. The smallest absolute Gasteiger partial charge is 0.209 e. The van der Waals surface area contributed by atoms with Gasteiger partial charge in [-0.05, 0) is 46.2 Å². The maximum atomic E-state index is 8.94. The Morgan fingerprint density at radius 3 is 2.77 bits per heavy atom. The van der Waals surface area contributed by atoms with Crippen LogP contribution in [-0.2, 0) is 0 Å². The zero-order valence-electron chi connectivity index (χ0n) is 17.6. The molecule has 2 aromatic heterocycles. The third kappa shape index (κ3) is 4.09. The zero-order valence-corrected chi connectivity index (χ0v) is 17.6. The van der Waals surface area contributed by atoms with Gasteiger partial charge in [0.15, 0.2) is 11.6 Å². The molecular weight excluding hydrogens is 378 g/mol. The van der Waals surface area contributed by atoms with Crippen molar-refractivity contribution in [3.05, 3.63) is 23.7 Å². The van der Waals surface area contributed by atoms with E-state index in [9.17, 15) is 0 Å². The van der Waals surface area contributed by atoms with Gasteiger partial charge in [0, 0.05) is 55.3 Å². The van der Waals surface area contributed by atoms with Crippen molar-refractivity contribution in [3.8, 4) is 6.07 Å². The van der Waals surface area contributed by atoms with Crippen molar-refractivity contribution in [1.82, 2.24) is 24.6 Å². The first-order valence-corrected chi connectivity index (χ1v) is 10.5. The summed E-state index contributed by atoms with van der Waals surface area (Å²) in [6.45, 7) is 8.41. The molecule has 0 spiro atoms. The lowest BCUT2D eigenvalue weighted by Gasteiger charge is -2.39. The van der Waals surface area contributed by atoms with Crippen molar-refractivity contribution in [2.24, 2.45) is 4.99 Å². The Morgan fingerprint density at radius 2 is 2.13 bits per heavy atom. The Kier molecular flexibility index (Phi) is 5.86. The summed E-state index contributed by atoms with van der Waals surface area (Å²) in [5.41, 5.74) is 1.95. The number of aromatic amines is 1. The quantitative estimate of drug-likeness (QED) is 0.579. The monoisotopic (exact) mass is 407 g/mol. The molecule has 4 rings (SSSR count). The highest BCUT2D eigenvalue weighted by molar-refractivity contribution is 5.61. The number of H-pyrrole nitrogens is 1. The largest absolute Gasteiger partial charge is 0.352 e. The van der Waals surface area contributed by atoms with Gasteiger partial charge < -0.3 is 10.6 Å². The van der Waals surface area contributed by atoms with Crippen molar-refractivity contribution in [3.63, 3.8) is 0 Å². The van der Waals surface area contributed by atoms with Crippen LogP contribution in [0.3, 0.4) is 0 Å². The fourth-order valence-electron chi connectivity index (χ4n) is 4.75. The van der Waals surface area contributed by atoms with Crippen molar-refractivity contribution >= 4 is 30.5 Å². The van der Waals surface area contributed by atoms with Crippen molar-refractivity contribution in [1.29, 1.82) is 5.26 Å². The number of piperidine rings is 1. The number of fused-ring (bicyclic) bond motifs is 2. The molecule has 3 atom stereocenters. The van der Waals surface area contributed by atoms with Crippen LogP contribution in [0.2, 0.25) is 0 Å². The van der Waals surface area contributed by atoms with Gasteiger partial charge in [0.05, 0.1) is 11.8 Å². The second kappa shape index (κ2) is 8.71. The van der Waals surface area contributed by atoms with E-state index in [1.165, 1.54) is 12.8 Å². The minimum Gasteiger partial charge on any atom is -0.352 e. The number of nitrogens with one attached hydrogen (secondary N) is 3. The average molecular weight is 408 g/mol. The highest BCUT2D eigenvalue weighted by Gasteiger charge is 2.40. The number of nitriles is 1. The molecule has 2 aromatic rings. The van der Waals surface area contributed by atoms with Crippen LogP contribution in [0.15, 0.2) is 17.3 Å². The Labute approximate surface area is 176 Å². The lowest BCUT2D eigenvalue weighted by atomic mass is 9.97.